The minimum absolute atomic E-state index is 0.0854. The van der Waals surface area contributed by atoms with Gasteiger partial charge >= 0.3 is 5.97 Å². The van der Waals surface area contributed by atoms with Crippen LogP contribution in [-0.4, -0.2) is 23.5 Å². The zero-order valence-electron chi connectivity index (χ0n) is 9.87. The molecule has 0 aromatic heterocycles. The number of amides is 1. The van der Waals surface area contributed by atoms with Crippen LogP contribution in [0.3, 0.4) is 0 Å². The summed E-state index contributed by atoms with van der Waals surface area (Å²) < 4.78 is 0. The molecule has 16 heavy (non-hydrogen) atoms. The Morgan fingerprint density at radius 1 is 1.31 bits per heavy atom. The third kappa shape index (κ3) is 4.64. The molecule has 0 bridgehead atoms. The third-order valence-corrected chi connectivity index (χ3v) is 3.23. The molecule has 0 aliphatic heterocycles. The number of hydrogen-bond donors (Lipinski definition) is 2. The van der Waals surface area contributed by atoms with E-state index in [2.05, 4.69) is 5.32 Å². The first kappa shape index (κ1) is 13.0. The normalized spacial score (nSPS) is 19.1. The van der Waals surface area contributed by atoms with Gasteiger partial charge in [0.25, 0.3) is 0 Å². The summed E-state index contributed by atoms with van der Waals surface area (Å²) in [4.78, 5) is 22.0. The van der Waals surface area contributed by atoms with Crippen molar-refractivity contribution < 1.29 is 14.7 Å². The first-order valence-corrected chi connectivity index (χ1v) is 6.09. The van der Waals surface area contributed by atoms with Gasteiger partial charge in [0, 0.05) is 13.0 Å². The summed E-state index contributed by atoms with van der Waals surface area (Å²) in [7, 11) is 0. The van der Waals surface area contributed by atoms with Crippen molar-refractivity contribution in [1.82, 2.24) is 5.32 Å². The summed E-state index contributed by atoms with van der Waals surface area (Å²) in [5, 5.41) is 11.5. The highest BCUT2D eigenvalue weighted by atomic mass is 16.4. The van der Waals surface area contributed by atoms with Gasteiger partial charge in [-0.3, -0.25) is 9.59 Å². The Morgan fingerprint density at radius 2 is 1.94 bits per heavy atom. The first-order chi connectivity index (χ1) is 7.59. The lowest BCUT2D eigenvalue weighted by Crippen LogP contribution is -2.32. The zero-order valence-corrected chi connectivity index (χ0v) is 9.87. The Balaban J connectivity index is 2.16. The molecule has 1 aliphatic carbocycles. The second-order valence-electron chi connectivity index (χ2n) is 4.75. The molecular weight excluding hydrogens is 206 g/mol. The van der Waals surface area contributed by atoms with Gasteiger partial charge in [-0.2, -0.15) is 0 Å². The molecule has 1 atom stereocenters. The molecule has 0 aromatic carbocycles. The molecule has 0 radical (unpaired) electrons. The van der Waals surface area contributed by atoms with Gasteiger partial charge in [-0.25, -0.2) is 0 Å². The van der Waals surface area contributed by atoms with Gasteiger partial charge in [0.2, 0.25) is 5.91 Å². The molecule has 0 spiro atoms. The number of carboxylic acid groups (broad SMARTS) is 1. The largest absolute Gasteiger partial charge is 0.481 e. The topological polar surface area (TPSA) is 66.4 Å². The Labute approximate surface area is 96.4 Å². The molecule has 1 aliphatic rings. The molecule has 1 rings (SSSR count). The van der Waals surface area contributed by atoms with E-state index in [0.717, 1.165) is 0 Å². The van der Waals surface area contributed by atoms with Crippen LogP contribution in [0.1, 0.15) is 45.4 Å². The SMILES string of the molecule is CC(CC(=O)NCC1CCCCC1)C(=O)O. The van der Waals surface area contributed by atoms with Gasteiger partial charge in [0.1, 0.15) is 0 Å². The van der Waals surface area contributed by atoms with Crippen LogP contribution in [0.25, 0.3) is 0 Å². The highest BCUT2D eigenvalue weighted by molar-refractivity contribution is 5.81. The van der Waals surface area contributed by atoms with Crippen molar-refractivity contribution in [2.75, 3.05) is 6.54 Å². The number of carboxylic acids is 1. The number of carbonyl (C=O) groups is 2. The number of carbonyl (C=O) groups excluding carboxylic acids is 1. The fourth-order valence-corrected chi connectivity index (χ4v) is 2.09. The molecule has 4 nitrogen and oxygen atoms in total. The summed E-state index contributed by atoms with van der Waals surface area (Å²) >= 11 is 0. The molecule has 4 heteroatoms. The van der Waals surface area contributed by atoms with E-state index in [4.69, 9.17) is 5.11 Å². The van der Waals surface area contributed by atoms with Crippen molar-refractivity contribution in [3.05, 3.63) is 0 Å². The van der Waals surface area contributed by atoms with Crippen molar-refractivity contribution in [2.45, 2.75) is 45.4 Å². The van der Waals surface area contributed by atoms with Gasteiger partial charge in [-0.1, -0.05) is 26.2 Å². The van der Waals surface area contributed by atoms with Crippen molar-refractivity contribution >= 4 is 11.9 Å². The van der Waals surface area contributed by atoms with Gasteiger partial charge in [0.15, 0.2) is 0 Å². The second kappa shape index (κ2) is 6.51. The van der Waals surface area contributed by atoms with Crippen LogP contribution >= 0.6 is 0 Å². The maximum atomic E-state index is 11.4. The minimum atomic E-state index is -0.909. The quantitative estimate of drug-likeness (QED) is 0.752. The standard InChI is InChI=1S/C12H21NO3/c1-9(12(15)16)7-11(14)13-8-10-5-3-2-4-6-10/h9-10H,2-8H2,1H3,(H,13,14)(H,15,16). The summed E-state index contributed by atoms with van der Waals surface area (Å²) in [5.41, 5.74) is 0. The Kier molecular flexibility index (Phi) is 5.29. The Bertz CT molecular complexity index is 247. The lowest BCUT2D eigenvalue weighted by Gasteiger charge is -2.21. The van der Waals surface area contributed by atoms with Gasteiger partial charge in [-0.15, -0.1) is 0 Å². The molecule has 1 fully saturated rings. The Hall–Kier alpha value is -1.06. The van der Waals surface area contributed by atoms with Gasteiger partial charge in [-0.05, 0) is 18.8 Å². The number of hydrogen-bond acceptors (Lipinski definition) is 2. The fourth-order valence-electron chi connectivity index (χ4n) is 2.09. The maximum Gasteiger partial charge on any atom is 0.306 e. The monoisotopic (exact) mass is 227 g/mol. The minimum Gasteiger partial charge on any atom is -0.481 e. The number of rotatable bonds is 5. The molecular formula is C12H21NO3. The average Bonchev–Trinajstić information content (AvgIpc) is 2.27. The highest BCUT2D eigenvalue weighted by Gasteiger charge is 2.17. The lowest BCUT2D eigenvalue weighted by atomic mass is 9.89. The highest BCUT2D eigenvalue weighted by Crippen LogP contribution is 2.22. The van der Waals surface area contributed by atoms with Crippen molar-refractivity contribution in [3.63, 3.8) is 0 Å². The maximum absolute atomic E-state index is 11.4. The van der Waals surface area contributed by atoms with E-state index in [0.29, 0.717) is 12.5 Å². The zero-order chi connectivity index (χ0) is 12.0. The van der Waals surface area contributed by atoms with Crippen molar-refractivity contribution in [2.24, 2.45) is 11.8 Å². The number of nitrogens with one attached hydrogen (secondary N) is 1. The van der Waals surface area contributed by atoms with E-state index in [9.17, 15) is 9.59 Å². The Morgan fingerprint density at radius 3 is 2.50 bits per heavy atom. The smallest absolute Gasteiger partial charge is 0.306 e. The third-order valence-electron chi connectivity index (χ3n) is 3.23. The summed E-state index contributed by atoms with van der Waals surface area (Å²) in [5.74, 6) is -1.04. The summed E-state index contributed by atoms with van der Waals surface area (Å²) in [6, 6.07) is 0. The van der Waals surface area contributed by atoms with Crippen molar-refractivity contribution in [3.8, 4) is 0 Å². The fraction of sp³-hybridized carbons (Fsp3) is 0.833. The molecule has 2 N–H and O–H groups in total. The van der Waals surface area contributed by atoms with Crippen LogP contribution in [0.15, 0.2) is 0 Å². The van der Waals surface area contributed by atoms with E-state index in [1.54, 1.807) is 6.92 Å². The van der Waals surface area contributed by atoms with Crippen LogP contribution in [0.5, 0.6) is 0 Å². The lowest BCUT2D eigenvalue weighted by molar-refractivity contribution is -0.143. The van der Waals surface area contributed by atoms with Crippen LogP contribution in [-0.2, 0) is 9.59 Å². The summed E-state index contributed by atoms with van der Waals surface area (Å²) in [6.07, 6.45) is 6.28. The van der Waals surface area contributed by atoms with Crippen LogP contribution in [0, 0.1) is 11.8 Å². The molecule has 92 valence electrons. The van der Waals surface area contributed by atoms with Gasteiger partial charge < -0.3 is 10.4 Å². The average molecular weight is 227 g/mol. The van der Waals surface area contributed by atoms with E-state index in [1.165, 1.54) is 32.1 Å². The van der Waals surface area contributed by atoms with E-state index >= 15 is 0 Å². The predicted octanol–water partition coefficient (Wildman–Crippen LogP) is 1.79. The molecule has 1 saturated carbocycles. The van der Waals surface area contributed by atoms with Crippen LogP contribution in [0.2, 0.25) is 0 Å². The van der Waals surface area contributed by atoms with E-state index in [1.807, 2.05) is 0 Å². The van der Waals surface area contributed by atoms with Crippen molar-refractivity contribution in [1.29, 1.82) is 0 Å². The van der Waals surface area contributed by atoms with Crippen LogP contribution < -0.4 is 5.32 Å². The molecule has 0 heterocycles. The first-order valence-electron chi connectivity index (χ1n) is 6.09. The second-order valence-corrected chi connectivity index (χ2v) is 4.75. The molecule has 1 amide bonds. The van der Waals surface area contributed by atoms with Gasteiger partial charge in [0.05, 0.1) is 5.92 Å². The number of aliphatic carboxylic acids is 1. The molecule has 0 saturated heterocycles. The van der Waals surface area contributed by atoms with E-state index in [-0.39, 0.29) is 12.3 Å². The predicted molar refractivity (Wildman–Crippen MR) is 61.0 cm³/mol. The van der Waals surface area contributed by atoms with E-state index < -0.39 is 11.9 Å². The van der Waals surface area contributed by atoms with Crippen LogP contribution in [0.4, 0.5) is 0 Å². The molecule has 0 aromatic rings. The molecule has 1 unspecified atom stereocenters. The summed E-state index contributed by atoms with van der Waals surface area (Å²) in [6.45, 7) is 2.27.